The Hall–Kier alpha value is -1.65. The van der Waals surface area contributed by atoms with Gasteiger partial charge in [-0.3, -0.25) is 4.79 Å². The topological polar surface area (TPSA) is 51.3 Å². The zero-order valence-corrected chi connectivity index (χ0v) is 9.19. The van der Waals surface area contributed by atoms with Gasteiger partial charge in [0, 0.05) is 36.9 Å². The van der Waals surface area contributed by atoms with Gasteiger partial charge in [0.1, 0.15) is 0 Å². The molecule has 1 heterocycles. The number of hydrogen-bond donors (Lipinski definition) is 1. The van der Waals surface area contributed by atoms with Crippen LogP contribution < -0.4 is 0 Å². The average molecular weight is 219 g/mol. The van der Waals surface area contributed by atoms with Gasteiger partial charge in [-0.05, 0) is 6.07 Å². The van der Waals surface area contributed by atoms with Crippen molar-refractivity contribution in [3.63, 3.8) is 0 Å². The summed E-state index contributed by atoms with van der Waals surface area (Å²) in [7, 11) is 2.89. The third kappa shape index (κ3) is 1.73. The molecule has 1 aromatic heterocycles. The number of para-hydroxylation sites is 1. The Labute approximate surface area is 93.2 Å². The summed E-state index contributed by atoms with van der Waals surface area (Å²) >= 11 is 0. The first-order valence-electron chi connectivity index (χ1n) is 4.94. The molecule has 0 amide bonds. The maximum atomic E-state index is 12.0. The van der Waals surface area contributed by atoms with E-state index in [4.69, 9.17) is 9.47 Å². The van der Waals surface area contributed by atoms with Gasteiger partial charge in [-0.25, -0.2) is 0 Å². The number of ether oxygens (including phenoxy) is 2. The number of carbonyl (C=O) groups is 1. The fourth-order valence-corrected chi connectivity index (χ4v) is 1.71. The second-order valence-corrected chi connectivity index (χ2v) is 3.42. The van der Waals surface area contributed by atoms with Gasteiger partial charge in [0.25, 0.3) is 0 Å². The van der Waals surface area contributed by atoms with Crippen LogP contribution in [0.15, 0.2) is 30.5 Å². The van der Waals surface area contributed by atoms with Crippen molar-refractivity contribution < 1.29 is 14.3 Å². The zero-order chi connectivity index (χ0) is 11.5. The highest BCUT2D eigenvalue weighted by Gasteiger charge is 2.21. The molecule has 0 spiro atoms. The van der Waals surface area contributed by atoms with Crippen molar-refractivity contribution >= 4 is 16.7 Å². The van der Waals surface area contributed by atoms with Crippen molar-refractivity contribution in [2.75, 3.05) is 14.2 Å². The Kier molecular flexibility index (Phi) is 3.03. The number of methoxy groups -OCH3 is 2. The minimum absolute atomic E-state index is 0.178. The summed E-state index contributed by atoms with van der Waals surface area (Å²) in [6, 6.07) is 7.61. The smallest absolute Gasteiger partial charge is 0.222 e. The Bertz CT molecular complexity index is 500. The standard InChI is InChI=1S/C12H13NO3/c1-15-12(16-2)11(14)9-7-13-10-6-4-3-5-8(9)10/h3-7,12-13H,1-2H3. The van der Waals surface area contributed by atoms with Crippen LogP contribution in [0.25, 0.3) is 10.9 Å². The van der Waals surface area contributed by atoms with Gasteiger partial charge in [-0.15, -0.1) is 0 Å². The molecule has 16 heavy (non-hydrogen) atoms. The Morgan fingerprint density at radius 3 is 2.62 bits per heavy atom. The first kappa shape index (κ1) is 10.9. The van der Waals surface area contributed by atoms with Crippen molar-refractivity contribution in [2.24, 2.45) is 0 Å². The van der Waals surface area contributed by atoms with Crippen LogP contribution in [-0.4, -0.2) is 31.3 Å². The first-order valence-corrected chi connectivity index (χ1v) is 4.94. The lowest BCUT2D eigenvalue weighted by atomic mass is 10.1. The maximum absolute atomic E-state index is 12.0. The van der Waals surface area contributed by atoms with E-state index in [9.17, 15) is 4.79 Å². The van der Waals surface area contributed by atoms with Crippen LogP contribution in [0, 0.1) is 0 Å². The number of aromatic amines is 1. The normalized spacial score (nSPS) is 11.2. The Morgan fingerprint density at radius 1 is 1.25 bits per heavy atom. The zero-order valence-electron chi connectivity index (χ0n) is 9.19. The molecule has 2 aromatic rings. The Balaban J connectivity index is 2.43. The number of ketones is 1. The van der Waals surface area contributed by atoms with Gasteiger partial charge in [-0.2, -0.15) is 0 Å². The molecule has 0 unspecified atom stereocenters. The van der Waals surface area contributed by atoms with E-state index in [0.29, 0.717) is 5.56 Å². The number of fused-ring (bicyclic) bond motifs is 1. The van der Waals surface area contributed by atoms with Crippen molar-refractivity contribution in [2.45, 2.75) is 6.29 Å². The molecule has 0 atom stereocenters. The van der Waals surface area contributed by atoms with E-state index in [1.54, 1.807) is 6.20 Å². The van der Waals surface area contributed by atoms with Crippen LogP contribution in [0.1, 0.15) is 10.4 Å². The lowest BCUT2D eigenvalue weighted by molar-refractivity contribution is -0.0741. The minimum atomic E-state index is -0.848. The Morgan fingerprint density at radius 2 is 1.94 bits per heavy atom. The number of nitrogens with one attached hydrogen (secondary N) is 1. The number of Topliss-reactive ketones (excluding diaryl/α,β-unsaturated/α-hetero) is 1. The molecule has 4 heteroatoms. The van der Waals surface area contributed by atoms with E-state index in [-0.39, 0.29) is 5.78 Å². The molecule has 2 rings (SSSR count). The number of hydrogen-bond acceptors (Lipinski definition) is 3. The number of H-pyrrole nitrogens is 1. The third-order valence-corrected chi connectivity index (χ3v) is 2.50. The first-order chi connectivity index (χ1) is 7.77. The second-order valence-electron chi connectivity index (χ2n) is 3.42. The van der Waals surface area contributed by atoms with E-state index < -0.39 is 6.29 Å². The predicted octanol–water partition coefficient (Wildman–Crippen LogP) is 1.97. The molecule has 0 aliphatic rings. The summed E-state index contributed by atoms with van der Waals surface area (Å²) in [5.74, 6) is -0.178. The van der Waals surface area contributed by atoms with Crippen LogP contribution in [0.2, 0.25) is 0 Å². The summed E-state index contributed by atoms with van der Waals surface area (Å²) in [6.07, 6.45) is 0.831. The molecular weight excluding hydrogens is 206 g/mol. The van der Waals surface area contributed by atoms with Crippen LogP contribution in [0.5, 0.6) is 0 Å². The van der Waals surface area contributed by atoms with Crippen LogP contribution in [0.3, 0.4) is 0 Å². The monoisotopic (exact) mass is 219 g/mol. The fraction of sp³-hybridized carbons (Fsp3) is 0.250. The minimum Gasteiger partial charge on any atom is -0.360 e. The summed E-state index contributed by atoms with van der Waals surface area (Å²) in [4.78, 5) is 15.1. The molecule has 0 bridgehead atoms. The van der Waals surface area contributed by atoms with Gasteiger partial charge >= 0.3 is 0 Å². The highest BCUT2D eigenvalue weighted by Crippen LogP contribution is 2.19. The summed E-state index contributed by atoms with van der Waals surface area (Å²) in [5.41, 5.74) is 1.51. The molecule has 0 fully saturated rings. The van der Waals surface area contributed by atoms with Crippen LogP contribution >= 0.6 is 0 Å². The molecule has 0 aliphatic heterocycles. The molecule has 1 N–H and O–H groups in total. The van der Waals surface area contributed by atoms with E-state index in [0.717, 1.165) is 10.9 Å². The van der Waals surface area contributed by atoms with Gasteiger partial charge < -0.3 is 14.5 Å². The second kappa shape index (κ2) is 4.47. The number of carbonyl (C=O) groups excluding carboxylic acids is 1. The highest BCUT2D eigenvalue weighted by atomic mass is 16.7. The van der Waals surface area contributed by atoms with Crippen LogP contribution in [0.4, 0.5) is 0 Å². The highest BCUT2D eigenvalue weighted by molar-refractivity contribution is 6.09. The molecule has 0 saturated heterocycles. The number of rotatable bonds is 4. The van der Waals surface area contributed by atoms with Crippen molar-refractivity contribution in [1.29, 1.82) is 0 Å². The summed E-state index contributed by atoms with van der Waals surface area (Å²) in [5, 5.41) is 0.881. The quantitative estimate of drug-likeness (QED) is 0.631. The molecule has 4 nitrogen and oxygen atoms in total. The SMILES string of the molecule is COC(OC)C(=O)c1c[nH]c2ccccc12. The van der Waals surface area contributed by atoms with Gasteiger partial charge in [-0.1, -0.05) is 18.2 Å². The lowest BCUT2D eigenvalue weighted by Crippen LogP contribution is -2.24. The number of aromatic nitrogens is 1. The lowest BCUT2D eigenvalue weighted by Gasteiger charge is -2.10. The van der Waals surface area contributed by atoms with Crippen molar-refractivity contribution in [3.8, 4) is 0 Å². The van der Waals surface area contributed by atoms with Crippen molar-refractivity contribution in [3.05, 3.63) is 36.0 Å². The van der Waals surface area contributed by atoms with Gasteiger partial charge in [0.2, 0.25) is 12.1 Å². The molecular formula is C12H13NO3. The molecule has 0 saturated carbocycles. The summed E-state index contributed by atoms with van der Waals surface area (Å²) < 4.78 is 9.90. The van der Waals surface area contributed by atoms with E-state index in [1.165, 1.54) is 14.2 Å². The van der Waals surface area contributed by atoms with E-state index in [1.807, 2.05) is 24.3 Å². The molecule has 0 radical (unpaired) electrons. The molecule has 0 aliphatic carbocycles. The van der Waals surface area contributed by atoms with E-state index in [2.05, 4.69) is 4.98 Å². The van der Waals surface area contributed by atoms with Crippen LogP contribution in [-0.2, 0) is 9.47 Å². The third-order valence-electron chi connectivity index (χ3n) is 2.50. The van der Waals surface area contributed by atoms with Gasteiger partial charge in [0.05, 0.1) is 0 Å². The molecule has 84 valence electrons. The molecule has 1 aromatic carbocycles. The van der Waals surface area contributed by atoms with Crippen molar-refractivity contribution in [1.82, 2.24) is 4.98 Å². The predicted molar refractivity (Wildman–Crippen MR) is 60.4 cm³/mol. The number of benzene rings is 1. The largest absolute Gasteiger partial charge is 0.360 e. The fourth-order valence-electron chi connectivity index (χ4n) is 1.71. The maximum Gasteiger partial charge on any atom is 0.222 e. The van der Waals surface area contributed by atoms with Gasteiger partial charge in [0.15, 0.2) is 0 Å². The average Bonchev–Trinajstić information content (AvgIpc) is 2.74. The summed E-state index contributed by atoms with van der Waals surface area (Å²) in [6.45, 7) is 0. The van der Waals surface area contributed by atoms with E-state index >= 15 is 0 Å².